The third-order valence-electron chi connectivity index (χ3n) is 1.58. The molecule has 0 aliphatic carbocycles. The van der Waals surface area contributed by atoms with Gasteiger partial charge in [0, 0.05) is 6.42 Å². The Morgan fingerprint density at radius 3 is 2.24 bits per heavy atom. The predicted octanol–water partition coefficient (Wildman–Crippen LogP) is 2.32. The first-order valence-corrected chi connectivity index (χ1v) is 7.76. The highest BCUT2D eigenvalue weighted by atomic mass is 31.3. The Hall–Kier alpha value is -0.380. The Labute approximate surface area is 99.6 Å². The summed E-state index contributed by atoms with van der Waals surface area (Å²) in [5.74, 6) is 0.251. The van der Waals surface area contributed by atoms with Crippen LogP contribution in [0, 0.1) is 5.92 Å². The number of rotatable bonds is 7. The number of phosphoric acid groups is 2. The lowest BCUT2D eigenvalue weighted by atomic mass is 10.1. The molecule has 9 heteroatoms. The molecule has 7 nitrogen and oxygen atoms in total. The lowest BCUT2D eigenvalue weighted by Crippen LogP contribution is -1.96. The Morgan fingerprint density at radius 1 is 1.35 bits per heavy atom. The third-order valence-corrected chi connectivity index (χ3v) is 3.71. The fourth-order valence-corrected chi connectivity index (χ4v) is 2.52. The number of phosphoric ester groups is 1. The SMILES string of the molecule is C=C=C(CCC(C)C)OP(=O)(O)OP(=O)(O)O. The van der Waals surface area contributed by atoms with Crippen LogP contribution in [0.3, 0.4) is 0 Å². The van der Waals surface area contributed by atoms with E-state index < -0.39 is 15.6 Å². The first kappa shape index (κ1) is 16.6. The van der Waals surface area contributed by atoms with Crippen molar-refractivity contribution in [1.29, 1.82) is 0 Å². The summed E-state index contributed by atoms with van der Waals surface area (Å²) >= 11 is 0. The molecule has 0 aliphatic heterocycles. The summed E-state index contributed by atoms with van der Waals surface area (Å²) in [6.07, 6.45) is 0.921. The highest BCUT2D eigenvalue weighted by molar-refractivity contribution is 7.60. The predicted molar refractivity (Wildman–Crippen MR) is 60.8 cm³/mol. The highest BCUT2D eigenvalue weighted by Crippen LogP contribution is 2.58. The molecule has 0 aromatic carbocycles. The minimum absolute atomic E-state index is 0.0713. The van der Waals surface area contributed by atoms with E-state index in [1.54, 1.807) is 0 Å². The van der Waals surface area contributed by atoms with E-state index in [-0.39, 0.29) is 12.2 Å². The molecule has 0 radical (unpaired) electrons. The van der Waals surface area contributed by atoms with Crippen LogP contribution >= 0.6 is 15.6 Å². The molecule has 0 saturated carbocycles. The molecule has 0 aromatic rings. The van der Waals surface area contributed by atoms with Gasteiger partial charge in [0.05, 0.1) is 0 Å². The summed E-state index contributed by atoms with van der Waals surface area (Å²) in [5, 5.41) is 0. The third kappa shape index (κ3) is 9.33. The summed E-state index contributed by atoms with van der Waals surface area (Å²) in [6.45, 7) is 7.12. The van der Waals surface area contributed by atoms with Gasteiger partial charge in [-0.05, 0) is 12.3 Å². The van der Waals surface area contributed by atoms with Gasteiger partial charge in [-0.15, -0.1) is 0 Å². The first-order chi connectivity index (χ1) is 7.56. The average molecular weight is 286 g/mol. The Kier molecular flexibility index (Phi) is 6.38. The average Bonchev–Trinajstić information content (AvgIpc) is 2.07. The van der Waals surface area contributed by atoms with Crippen molar-refractivity contribution < 1.29 is 32.6 Å². The minimum Gasteiger partial charge on any atom is -0.400 e. The Morgan fingerprint density at radius 2 is 1.88 bits per heavy atom. The van der Waals surface area contributed by atoms with Gasteiger partial charge in [-0.25, -0.2) is 9.13 Å². The van der Waals surface area contributed by atoms with Crippen molar-refractivity contribution in [3.8, 4) is 0 Å². The molecule has 100 valence electrons. The molecule has 0 fully saturated rings. The zero-order valence-corrected chi connectivity index (χ0v) is 11.4. The Bertz CT molecular complexity index is 391. The van der Waals surface area contributed by atoms with Crippen LogP contribution in [0.25, 0.3) is 0 Å². The van der Waals surface area contributed by atoms with Gasteiger partial charge in [-0.3, -0.25) is 4.89 Å². The van der Waals surface area contributed by atoms with E-state index >= 15 is 0 Å². The van der Waals surface area contributed by atoms with Crippen molar-refractivity contribution in [2.45, 2.75) is 26.7 Å². The summed E-state index contributed by atoms with van der Waals surface area (Å²) in [7, 11) is -9.94. The molecular weight excluding hydrogens is 270 g/mol. The molecule has 17 heavy (non-hydrogen) atoms. The second kappa shape index (κ2) is 6.53. The molecular formula is C8H16O7P2. The van der Waals surface area contributed by atoms with Gasteiger partial charge in [-0.2, -0.15) is 4.31 Å². The number of allylic oxidation sites excluding steroid dienone is 1. The molecule has 3 N–H and O–H groups in total. The highest BCUT2D eigenvalue weighted by Gasteiger charge is 2.34. The van der Waals surface area contributed by atoms with Crippen LogP contribution in [0.5, 0.6) is 0 Å². The zero-order chi connectivity index (χ0) is 13.7. The molecule has 1 unspecified atom stereocenters. The van der Waals surface area contributed by atoms with Crippen molar-refractivity contribution in [1.82, 2.24) is 0 Å². The van der Waals surface area contributed by atoms with E-state index in [9.17, 15) is 9.13 Å². The molecule has 0 aliphatic rings. The van der Waals surface area contributed by atoms with E-state index in [0.29, 0.717) is 12.3 Å². The maximum atomic E-state index is 11.2. The van der Waals surface area contributed by atoms with Crippen molar-refractivity contribution in [3.63, 3.8) is 0 Å². The maximum Gasteiger partial charge on any atom is 0.536 e. The van der Waals surface area contributed by atoms with Crippen LogP contribution in [0.15, 0.2) is 18.1 Å². The summed E-state index contributed by atoms with van der Waals surface area (Å²) in [4.78, 5) is 25.8. The quantitative estimate of drug-likeness (QED) is 0.374. The van der Waals surface area contributed by atoms with Crippen molar-refractivity contribution in [2.24, 2.45) is 5.92 Å². The Balaban J connectivity index is 4.53. The lowest BCUT2D eigenvalue weighted by molar-refractivity contribution is 0.204. The first-order valence-electron chi connectivity index (χ1n) is 4.74. The number of hydrogen-bond donors (Lipinski definition) is 3. The zero-order valence-electron chi connectivity index (χ0n) is 9.57. The molecule has 0 heterocycles. The second-order valence-corrected chi connectivity index (χ2v) is 6.42. The van der Waals surface area contributed by atoms with Gasteiger partial charge in [0.2, 0.25) is 0 Å². The molecule has 0 bridgehead atoms. The molecule has 0 aromatic heterocycles. The molecule has 0 saturated heterocycles. The van der Waals surface area contributed by atoms with Crippen LogP contribution in [-0.2, 0) is 18.0 Å². The minimum atomic E-state index is -5.09. The van der Waals surface area contributed by atoms with Crippen LogP contribution in [0.4, 0.5) is 0 Å². The summed E-state index contributed by atoms with van der Waals surface area (Å²) in [5.41, 5.74) is 2.28. The molecule has 0 rings (SSSR count). The fourth-order valence-electron chi connectivity index (χ4n) is 0.876. The van der Waals surface area contributed by atoms with E-state index in [2.05, 4.69) is 21.1 Å². The summed E-state index contributed by atoms with van der Waals surface area (Å²) < 4.78 is 29.7. The van der Waals surface area contributed by atoms with Crippen molar-refractivity contribution in [3.05, 3.63) is 18.1 Å². The molecule has 0 spiro atoms. The van der Waals surface area contributed by atoms with E-state index in [4.69, 9.17) is 14.7 Å². The van der Waals surface area contributed by atoms with Gasteiger partial charge in [0.25, 0.3) is 0 Å². The van der Waals surface area contributed by atoms with Crippen molar-refractivity contribution in [2.75, 3.05) is 0 Å². The van der Waals surface area contributed by atoms with E-state index in [1.165, 1.54) is 0 Å². The normalized spacial score (nSPS) is 15.2. The van der Waals surface area contributed by atoms with Gasteiger partial charge < -0.3 is 14.3 Å². The lowest BCUT2D eigenvalue weighted by Gasteiger charge is -2.14. The monoisotopic (exact) mass is 286 g/mol. The number of hydrogen-bond acceptors (Lipinski definition) is 4. The fraction of sp³-hybridized carbons (Fsp3) is 0.625. The van der Waals surface area contributed by atoms with Gasteiger partial charge in [-0.1, -0.05) is 26.2 Å². The van der Waals surface area contributed by atoms with Crippen LogP contribution in [0.1, 0.15) is 26.7 Å². The van der Waals surface area contributed by atoms with E-state index in [1.807, 2.05) is 13.8 Å². The molecule has 1 atom stereocenters. The van der Waals surface area contributed by atoms with Crippen LogP contribution < -0.4 is 0 Å². The smallest absolute Gasteiger partial charge is 0.400 e. The van der Waals surface area contributed by atoms with E-state index in [0.717, 1.165) is 0 Å². The topological polar surface area (TPSA) is 113 Å². The maximum absolute atomic E-state index is 11.2. The van der Waals surface area contributed by atoms with Crippen LogP contribution in [-0.4, -0.2) is 14.7 Å². The second-order valence-electron chi connectivity index (χ2n) is 3.66. The largest absolute Gasteiger partial charge is 0.536 e. The molecule has 0 amide bonds. The van der Waals surface area contributed by atoms with Gasteiger partial charge >= 0.3 is 15.6 Å². The summed E-state index contributed by atoms with van der Waals surface area (Å²) in [6, 6.07) is 0. The van der Waals surface area contributed by atoms with Crippen LogP contribution in [0.2, 0.25) is 0 Å². The van der Waals surface area contributed by atoms with Gasteiger partial charge in [0.1, 0.15) is 5.76 Å². The van der Waals surface area contributed by atoms with Gasteiger partial charge in [0.15, 0.2) is 0 Å². The standard InChI is InChI=1S/C8H16O7P2/c1-4-8(6-5-7(2)3)14-17(12,13)15-16(9,10)11/h7H,1,5-6H2,2-3H3,(H,12,13)(H2,9,10,11). The van der Waals surface area contributed by atoms with Crippen molar-refractivity contribution >= 4 is 15.6 Å².